The fourth-order valence-electron chi connectivity index (χ4n) is 3.22. The number of thioether (sulfide) groups is 1. The van der Waals surface area contributed by atoms with Gasteiger partial charge in [-0.15, -0.1) is 11.3 Å². The normalized spacial score (nSPS) is 11.8. The highest BCUT2D eigenvalue weighted by Gasteiger charge is 2.23. The molecule has 4 rings (SSSR count). The molecule has 0 saturated carbocycles. The van der Waals surface area contributed by atoms with E-state index in [9.17, 15) is 14.4 Å². The highest BCUT2D eigenvalue weighted by Crippen LogP contribution is 2.27. The van der Waals surface area contributed by atoms with Crippen LogP contribution in [0.3, 0.4) is 0 Å². The Labute approximate surface area is 198 Å². The second-order valence-electron chi connectivity index (χ2n) is 7.35. The van der Waals surface area contributed by atoms with Crippen molar-refractivity contribution < 1.29 is 9.59 Å². The van der Waals surface area contributed by atoms with E-state index in [4.69, 9.17) is 0 Å². The minimum absolute atomic E-state index is 0.200. The lowest BCUT2D eigenvalue weighted by Gasteiger charge is -2.18. The molecular weight excluding hydrogens is 456 g/mol. The second kappa shape index (κ2) is 10.0. The van der Waals surface area contributed by atoms with Crippen LogP contribution >= 0.6 is 23.1 Å². The maximum Gasteiger partial charge on any atom is 0.291 e. The Morgan fingerprint density at radius 3 is 2.64 bits per heavy atom. The Morgan fingerprint density at radius 1 is 1.12 bits per heavy atom. The third-order valence-electron chi connectivity index (χ3n) is 4.89. The summed E-state index contributed by atoms with van der Waals surface area (Å²) in [5.41, 5.74) is 4.97. The van der Waals surface area contributed by atoms with Gasteiger partial charge in [-0.1, -0.05) is 49.0 Å². The molecule has 0 unspecified atom stereocenters. The molecule has 33 heavy (non-hydrogen) atoms. The molecular formula is C24H22N4O3S2. The largest absolute Gasteiger partial charge is 0.325 e. The van der Waals surface area contributed by atoms with E-state index in [-0.39, 0.29) is 16.6 Å². The van der Waals surface area contributed by atoms with E-state index in [1.54, 1.807) is 35.7 Å². The fraction of sp³-hybridized carbons (Fsp3) is 0.167. The van der Waals surface area contributed by atoms with Crippen LogP contribution in [0.15, 0.2) is 76.0 Å². The number of carbonyl (C=O) groups is 2. The first-order valence-corrected chi connectivity index (χ1v) is 12.1. The Morgan fingerprint density at radius 2 is 1.91 bits per heavy atom. The standard InChI is InChI=1S/C24H22N4O3S2/c1-3-19(22(30)25-17-11-7-8-15(2)14-17)33-24-26-18-12-13-32-20(18)23(31)28(24)27-21(29)16-9-5-4-6-10-16/h4-14,19H,3H2,1-2H3,(H,25,30)(H,27,29)/t19-/m0/s1. The van der Waals surface area contributed by atoms with Crippen LogP contribution < -0.4 is 16.3 Å². The summed E-state index contributed by atoms with van der Waals surface area (Å²) in [5.74, 6) is -0.636. The van der Waals surface area contributed by atoms with E-state index in [2.05, 4.69) is 15.7 Å². The average Bonchev–Trinajstić information content (AvgIpc) is 3.29. The monoisotopic (exact) mass is 478 g/mol. The van der Waals surface area contributed by atoms with Gasteiger partial charge >= 0.3 is 0 Å². The van der Waals surface area contributed by atoms with Crippen molar-refractivity contribution in [3.05, 3.63) is 87.5 Å². The molecule has 4 aromatic rings. The van der Waals surface area contributed by atoms with Gasteiger partial charge in [-0.25, -0.2) is 4.98 Å². The lowest BCUT2D eigenvalue weighted by Crippen LogP contribution is -2.35. The molecule has 9 heteroatoms. The van der Waals surface area contributed by atoms with Gasteiger partial charge in [0.05, 0.1) is 10.8 Å². The van der Waals surface area contributed by atoms with Gasteiger partial charge in [0.1, 0.15) is 4.70 Å². The van der Waals surface area contributed by atoms with Crippen LogP contribution in [-0.4, -0.2) is 26.7 Å². The van der Waals surface area contributed by atoms with E-state index in [0.717, 1.165) is 22.0 Å². The third-order valence-corrected chi connectivity index (χ3v) is 7.10. The maximum atomic E-state index is 13.2. The molecule has 0 bridgehead atoms. The van der Waals surface area contributed by atoms with E-state index in [1.165, 1.54) is 11.3 Å². The highest BCUT2D eigenvalue weighted by atomic mass is 32.2. The second-order valence-corrected chi connectivity index (χ2v) is 9.44. The van der Waals surface area contributed by atoms with Gasteiger partial charge < -0.3 is 5.32 Å². The highest BCUT2D eigenvalue weighted by molar-refractivity contribution is 8.00. The number of aryl methyl sites for hydroxylation is 1. The van der Waals surface area contributed by atoms with Crippen molar-refractivity contribution in [3.8, 4) is 0 Å². The molecule has 0 spiro atoms. The zero-order valence-electron chi connectivity index (χ0n) is 18.1. The number of nitrogens with zero attached hydrogens (tertiary/aromatic N) is 2. The number of carbonyl (C=O) groups excluding carboxylic acids is 2. The van der Waals surface area contributed by atoms with Crippen LogP contribution in [0.25, 0.3) is 10.2 Å². The van der Waals surface area contributed by atoms with Crippen molar-refractivity contribution in [1.82, 2.24) is 9.66 Å². The first-order chi connectivity index (χ1) is 16.0. The summed E-state index contributed by atoms with van der Waals surface area (Å²) in [4.78, 5) is 43.5. The predicted octanol–water partition coefficient (Wildman–Crippen LogP) is 4.66. The Bertz CT molecular complexity index is 1370. The molecule has 0 aliphatic heterocycles. The Balaban J connectivity index is 1.65. The van der Waals surface area contributed by atoms with Gasteiger partial charge in [0.2, 0.25) is 5.91 Å². The predicted molar refractivity (Wildman–Crippen MR) is 134 cm³/mol. The first-order valence-electron chi connectivity index (χ1n) is 10.4. The summed E-state index contributed by atoms with van der Waals surface area (Å²) in [5, 5.41) is 4.43. The zero-order valence-corrected chi connectivity index (χ0v) is 19.7. The number of hydrogen-bond acceptors (Lipinski definition) is 6. The van der Waals surface area contributed by atoms with Crippen molar-refractivity contribution in [2.45, 2.75) is 30.7 Å². The van der Waals surface area contributed by atoms with Gasteiger partial charge in [-0.3, -0.25) is 19.8 Å². The number of thiophene rings is 1. The van der Waals surface area contributed by atoms with Gasteiger partial charge in [0.15, 0.2) is 5.16 Å². The molecule has 2 amide bonds. The quantitative estimate of drug-likeness (QED) is 0.298. The molecule has 0 aliphatic carbocycles. The maximum absolute atomic E-state index is 13.2. The molecule has 2 aromatic carbocycles. The summed E-state index contributed by atoms with van der Waals surface area (Å²) in [7, 11) is 0. The topological polar surface area (TPSA) is 93.1 Å². The van der Waals surface area contributed by atoms with E-state index < -0.39 is 11.2 Å². The smallest absolute Gasteiger partial charge is 0.291 e. The molecule has 2 N–H and O–H groups in total. The molecule has 7 nitrogen and oxygen atoms in total. The summed E-state index contributed by atoms with van der Waals surface area (Å²) in [6.07, 6.45) is 0.506. The summed E-state index contributed by atoms with van der Waals surface area (Å²) >= 11 is 2.40. The molecule has 0 aliphatic rings. The number of amides is 2. The van der Waals surface area contributed by atoms with Crippen LogP contribution in [0, 0.1) is 6.92 Å². The number of benzene rings is 2. The lowest BCUT2D eigenvalue weighted by molar-refractivity contribution is -0.115. The average molecular weight is 479 g/mol. The number of hydrogen-bond donors (Lipinski definition) is 2. The van der Waals surface area contributed by atoms with Crippen LogP contribution in [-0.2, 0) is 4.79 Å². The molecule has 0 fully saturated rings. The first kappa shape index (κ1) is 22.8. The van der Waals surface area contributed by atoms with Crippen molar-refractivity contribution in [3.63, 3.8) is 0 Å². The summed E-state index contributed by atoms with van der Waals surface area (Å²) in [6, 6.07) is 17.9. The van der Waals surface area contributed by atoms with Crippen molar-refractivity contribution in [1.29, 1.82) is 0 Å². The van der Waals surface area contributed by atoms with Gasteiger partial charge in [-0.05, 0) is 54.6 Å². The van der Waals surface area contributed by atoms with E-state index >= 15 is 0 Å². The van der Waals surface area contributed by atoms with E-state index in [1.807, 2.05) is 44.2 Å². The Hall–Kier alpha value is -3.43. The van der Waals surface area contributed by atoms with Crippen LogP contribution in [0.2, 0.25) is 0 Å². The van der Waals surface area contributed by atoms with Gasteiger partial charge in [-0.2, -0.15) is 4.68 Å². The molecule has 2 heterocycles. The fourth-order valence-corrected chi connectivity index (χ4v) is 4.95. The lowest BCUT2D eigenvalue weighted by atomic mass is 10.2. The minimum atomic E-state index is -0.520. The van der Waals surface area contributed by atoms with Crippen LogP contribution in [0.5, 0.6) is 0 Å². The number of fused-ring (bicyclic) bond motifs is 1. The van der Waals surface area contributed by atoms with Crippen LogP contribution in [0.1, 0.15) is 29.3 Å². The minimum Gasteiger partial charge on any atom is -0.325 e. The SMILES string of the molecule is CC[C@H](Sc1nc2ccsc2c(=O)n1NC(=O)c1ccccc1)C(=O)Nc1cccc(C)c1. The molecule has 2 aromatic heterocycles. The molecule has 1 atom stereocenters. The summed E-state index contributed by atoms with van der Waals surface area (Å²) in [6.45, 7) is 3.84. The number of rotatable bonds is 7. The molecule has 0 saturated heterocycles. The molecule has 0 radical (unpaired) electrons. The van der Waals surface area contributed by atoms with Crippen LogP contribution in [0.4, 0.5) is 5.69 Å². The number of aromatic nitrogens is 2. The number of nitrogens with one attached hydrogen (secondary N) is 2. The van der Waals surface area contributed by atoms with Crippen molar-refractivity contribution >= 4 is 50.8 Å². The number of anilines is 1. The van der Waals surface area contributed by atoms with Gasteiger partial charge in [0.25, 0.3) is 11.5 Å². The zero-order chi connectivity index (χ0) is 23.4. The molecule has 168 valence electrons. The summed E-state index contributed by atoms with van der Waals surface area (Å²) < 4.78 is 1.58. The third kappa shape index (κ3) is 5.15. The Kier molecular flexibility index (Phi) is 6.90. The van der Waals surface area contributed by atoms with Crippen molar-refractivity contribution in [2.75, 3.05) is 10.7 Å². The van der Waals surface area contributed by atoms with Gasteiger partial charge in [0, 0.05) is 11.3 Å². The van der Waals surface area contributed by atoms with Crippen molar-refractivity contribution in [2.24, 2.45) is 0 Å². The van der Waals surface area contributed by atoms with E-state index in [0.29, 0.717) is 27.9 Å².